The number of aryl methyl sites for hydroxylation is 1. The summed E-state index contributed by atoms with van der Waals surface area (Å²) in [5.41, 5.74) is 1.57. The van der Waals surface area contributed by atoms with Crippen molar-refractivity contribution in [1.82, 2.24) is 0 Å². The van der Waals surface area contributed by atoms with Gasteiger partial charge in [0.05, 0.1) is 11.5 Å². The van der Waals surface area contributed by atoms with Gasteiger partial charge >= 0.3 is 0 Å². The molecule has 1 aliphatic heterocycles. The first kappa shape index (κ1) is 16.9. The highest BCUT2D eigenvalue weighted by Gasteiger charge is 2.50. The molecule has 1 aromatic carbocycles. The van der Waals surface area contributed by atoms with Gasteiger partial charge in [0.15, 0.2) is 5.79 Å². The van der Waals surface area contributed by atoms with Crippen LogP contribution in [0.2, 0.25) is 0 Å². The summed E-state index contributed by atoms with van der Waals surface area (Å²) in [5, 5.41) is 0. The molecular weight excluding hydrogens is 316 g/mol. The van der Waals surface area contributed by atoms with Crippen LogP contribution in [-0.4, -0.2) is 25.4 Å². The molecule has 5 nitrogen and oxygen atoms in total. The molecule has 1 saturated heterocycles. The summed E-state index contributed by atoms with van der Waals surface area (Å²) in [6, 6.07) is 3.16. The maximum atomic E-state index is 11.6. The molecule has 1 spiro atoms. The van der Waals surface area contributed by atoms with Crippen LogP contribution in [0.15, 0.2) is 17.0 Å². The third kappa shape index (κ3) is 2.93. The van der Waals surface area contributed by atoms with Gasteiger partial charge in [0.25, 0.3) is 10.1 Å². The molecule has 0 amide bonds. The fourth-order valence-corrected chi connectivity index (χ4v) is 4.85. The first-order valence-electron chi connectivity index (χ1n) is 8.09. The molecule has 2 aliphatic rings. The zero-order valence-corrected chi connectivity index (χ0v) is 14.7. The van der Waals surface area contributed by atoms with Crippen LogP contribution in [0, 0.1) is 13.8 Å². The molecule has 128 valence electrons. The lowest BCUT2D eigenvalue weighted by Gasteiger charge is -2.35. The Balaban J connectivity index is 2.05. The normalized spacial score (nSPS) is 27.5. The second kappa shape index (κ2) is 5.55. The second-order valence-corrected chi connectivity index (χ2v) is 8.34. The molecule has 2 fully saturated rings. The van der Waals surface area contributed by atoms with E-state index in [1.165, 1.54) is 12.5 Å². The van der Waals surface area contributed by atoms with E-state index in [0.29, 0.717) is 12.2 Å². The van der Waals surface area contributed by atoms with Gasteiger partial charge in [-0.3, -0.25) is 4.55 Å². The summed E-state index contributed by atoms with van der Waals surface area (Å²) >= 11 is 0. The highest BCUT2D eigenvalue weighted by molar-refractivity contribution is 7.85. The topological polar surface area (TPSA) is 72.8 Å². The Morgan fingerprint density at radius 1 is 1.13 bits per heavy atom. The van der Waals surface area contributed by atoms with E-state index in [0.717, 1.165) is 36.8 Å². The molecule has 3 rings (SSSR count). The van der Waals surface area contributed by atoms with Gasteiger partial charge in [0, 0.05) is 12.8 Å². The first-order valence-corrected chi connectivity index (χ1v) is 9.53. The minimum Gasteiger partial charge on any atom is -0.347 e. The molecule has 6 heteroatoms. The highest BCUT2D eigenvalue weighted by Crippen LogP contribution is 2.47. The highest BCUT2D eigenvalue weighted by atomic mass is 32.2. The third-order valence-corrected chi connectivity index (χ3v) is 6.07. The van der Waals surface area contributed by atoms with E-state index >= 15 is 0 Å². The Morgan fingerprint density at radius 3 is 2.39 bits per heavy atom. The third-order valence-electron chi connectivity index (χ3n) is 5.07. The van der Waals surface area contributed by atoms with Gasteiger partial charge in [-0.25, -0.2) is 0 Å². The van der Waals surface area contributed by atoms with Crippen LogP contribution in [-0.2, 0) is 25.2 Å². The molecule has 0 bridgehead atoms. The SMILES string of the molecule is Cc1ccc(S(=O)(=O)O)c(C)c1[C@]1(C)COC2(CCCCC2)O1. The number of rotatable bonds is 2. The van der Waals surface area contributed by atoms with Crippen molar-refractivity contribution in [3.05, 3.63) is 28.8 Å². The van der Waals surface area contributed by atoms with E-state index in [4.69, 9.17) is 9.47 Å². The average molecular weight is 340 g/mol. The molecule has 1 saturated carbocycles. The van der Waals surface area contributed by atoms with Crippen molar-refractivity contribution in [2.24, 2.45) is 0 Å². The fourth-order valence-electron chi connectivity index (χ4n) is 4.12. The van der Waals surface area contributed by atoms with Crippen LogP contribution >= 0.6 is 0 Å². The number of hydrogen-bond acceptors (Lipinski definition) is 4. The van der Waals surface area contributed by atoms with Crippen LogP contribution in [0.1, 0.15) is 55.7 Å². The summed E-state index contributed by atoms with van der Waals surface area (Å²) in [4.78, 5) is -0.0625. The minimum absolute atomic E-state index is 0.0625. The maximum absolute atomic E-state index is 11.6. The molecule has 1 aromatic rings. The molecule has 0 aromatic heterocycles. The lowest BCUT2D eigenvalue weighted by molar-refractivity contribution is -0.204. The maximum Gasteiger partial charge on any atom is 0.294 e. The number of ether oxygens (including phenoxy) is 2. The van der Waals surface area contributed by atoms with Gasteiger partial charge in [-0.1, -0.05) is 12.5 Å². The zero-order chi connectivity index (χ0) is 16.9. The van der Waals surface area contributed by atoms with Gasteiger partial charge in [0.1, 0.15) is 5.60 Å². The minimum atomic E-state index is -4.26. The molecule has 0 radical (unpaired) electrons. The van der Waals surface area contributed by atoms with Gasteiger partial charge < -0.3 is 9.47 Å². The molecule has 1 aliphatic carbocycles. The van der Waals surface area contributed by atoms with E-state index in [1.807, 2.05) is 13.8 Å². The lowest BCUT2D eigenvalue weighted by Crippen LogP contribution is -2.36. The molecule has 1 atom stereocenters. The Kier molecular flexibility index (Phi) is 4.08. The van der Waals surface area contributed by atoms with Crippen molar-refractivity contribution in [3.8, 4) is 0 Å². The Bertz CT molecular complexity index is 719. The molecular formula is C17H24O5S. The lowest BCUT2D eigenvalue weighted by atomic mass is 9.88. The van der Waals surface area contributed by atoms with E-state index in [-0.39, 0.29) is 4.90 Å². The largest absolute Gasteiger partial charge is 0.347 e. The monoisotopic (exact) mass is 340 g/mol. The predicted octanol–water partition coefficient (Wildman–Crippen LogP) is 3.47. The van der Waals surface area contributed by atoms with Crippen molar-refractivity contribution >= 4 is 10.1 Å². The molecule has 1 heterocycles. The van der Waals surface area contributed by atoms with Crippen molar-refractivity contribution < 1.29 is 22.4 Å². The van der Waals surface area contributed by atoms with E-state index < -0.39 is 21.5 Å². The zero-order valence-electron chi connectivity index (χ0n) is 13.9. The molecule has 23 heavy (non-hydrogen) atoms. The van der Waals surface area contributed by atoms with Crippen LogP contribution in [0.25, 0.3) is 0 Å². The summed E-state index contributed by atoms with van der Waals surface area (Å²) in [6.07, 6.45) is 5.11. The van der Waals surface area contributed by atoms with E-state index in [1.54, 1.807) is 13.0 Å². The summed E-state index contributed by atoms with van der Waals surface area (Å²) < 4.78 is 45.1. The van der Waals surface area contributed by atoms with Crippen molar-refractivity contribution in [2.75, 3.05) is 6.61 Å². The fraction of sp³-hybridized carbons (Fsp3) is 0.647. The quantitative estimate of drug-likeness (QED) is 0.835. The Hall–Kier alpha value is -0.950. The summed E-state index contributed by atoms with van der Waals surface area (Å²) in [6.45, 7) is 5.98. The van der Waals surface area contributed by atoms with Crippen LogP contribution < -0.4 is 0 Å². The van der Waals surface area contributed by atoms with Crippen molar-refractivity contribution in [3.63, 3.8) is 0 Å². The summed E-state index contributed by atoms with van der Waals surface area (Å²) in [5.74, 6) is -0.542. The van der Waals surface area contributed by atoms with Crippen molar-refractivity contribution in [2.45, 2.75) is 69.2 Å². The summed E-state index contributed by atoms with van der Waals surface area (Å²) in [7, 11) is -4.26. The standard InChI is InChI=1S/C17H24O5S/c1-12-7-8-14(23(18,19)20)13(2)15(12)16(3)11-21-17(22-16)9-5-4-6-10-17/h7-8H,4-6,9-11H2,1-3H3,(H,18,19,20)/t16-/m0/s1. The second-order valence-electron chi connectivity index (χ2n) is 6.95. The number of hydrogen-bond donors (Lipinski definition) is 1. The first-order chi connectivity index (χ1) is 10.7. The van der Waals surface area contributed by atoms with Crippen LogP contribution in [0.3, 0.4) is 0 Å². The Morgan fingerprint density at radius 2 is 1.78 bits per heavy atom. The number of benzene rings is 1. The smallest absolute Gasteiger partial charge is 0.294 e. The van der Waals surface area contributed by atoms with Gasteiger partial charge in [-0.15, -0.1) is 0 Å². The molecule has 0 unspecified atom stereocenters. The van der Waals surface area contributed by atoms with Crippen molar-refractivity contribution in [1.29, 1.82) is 0 Å². The Labute approximate surface area is 137 Å². The van der Waals surface area contributed by atoms with E-state index in [9.17, 15) is 13.0 Å². The predicted molar refractivity (Wildman–Crippen MR) is 85.9 cm³/mol. The van der Waals surface area contributed by atoms with Gasteiger partial charge in [-0.2, -0.15) is 8.42 Å². The van der Waals surface area contributed by atoms with Crippen LogP contribution in [0.4, 0.5) is 0 Å². The van der Waals surface area contributed by atoms with Gasteiger partial charge in [-0.05, 0) is 56.4 Å². The average Bonchev–Trinajstić information content (AvgIpc) is 2.75. The van der Waals surface area contributed by atoms with E-state index in [2.05, 4.69) is 0 Å². The molecule has 1 N–H and O–H groups in total. The van der Waals surface area contributed by atoms with Crippen LogP contribution in [0.5, 0.6) is 0 Å². The van der Waals surface area contributed by atoms with Gasteiger partial charge in [0.2, 0.25) is 0 Å².